The number of nitrogens with one attached hydrogen (secondary N) is 1. The molecule has 0 bridgehead atoms. The molecular formula is C16H29N3O2. The summed E-state index contributed by atoms with van der Waals surface area (Å²) in [4.78, 5) is 27.7. The third-order valence-corrected chi connectivity index (χ3v) is 4.47. The van der Waals surface area contributed by atoms with E-state index in [9.17, 15) is 9.59 Å². The summed E-state index contributed by atoms with van der Waals surface area (Å²) in [7, 11) is 0. The van der Waals surface area contributed by atoms with Gasteiger partial charge < -0.3 is 15.1 Å². The SMILES string of the molecule is CC1CCCN(CCCNC(=O)CN2CCCCC2=O)C1. The number of nitrogens with zero attached hydrogens (tertiary/aromatic N) is 2. The largest absolute Gasteiger partial charge is 0.355 e. The third kappa shape index (κ3) is 5.65. The van der Waals surface area contributed by atoms with E-state index in [0.717, 1.165) is 38.3 Å². The fraction of sp³-hybridized carbons (Fsp3) is 0.875. The minimum Gasteiger partial charge on any atom is -0.355 e. The van der Waals surface area contributed by atoms with Crippen LogP contribution in [0.25, 0.3) is 0 Å². The molecule has 0 aromatic rings. The van der Waals surface area contributed by atoms with Crippen LogP contribution in [0.5, 0.6) is 0 Å². The van der Waals surface area contributed by atoms with Crippen molar-refractivity contribution in [1.82, 2.24) is 15.1 Å². The Kier molecular flexibility index (Phi) is 6.49. The Morgan fingerprint density at radius 2 is 2.14 bits per heavy atom. The molecule has 0 aromatic heterocycles. The lowest BCUT2D eigenvalue weighted by Crippen LogP contribution is -2.43. The molecule has 0 spiro atoms. The van der Waals surface area contributed by atoms with Gasteiger partial charge in [-0.2, -0.15) is 0 Å². The average molecular weight is 295 g/mol. The number of amides is 2. The number of likely N-dealkylation sites (tertiary alicyclic amines) is 2. The molecule has 1 unspecified atom stereocenters. The van der Waals surface area contributed by atoms with Crippen LogP contribution in [0.2, 0.25) is 0 Å². The van der Waals surface area contributed by atoms with Gasteiger partial charge in [0.05, 0.1) is 6.54 Å². The van der Waals surface area contributed by atoms with Gasteiger partial charge in [0.25, 0.3) is 0 Å². The fourth-order valence-corrected chi connectivity index (χ4v) is 3.28. The van der Waals surface area contributed by atoms with E-state index in [1.54, 1.807) is 4.90 Å². The van der Waals surface area contributed by atoms with Crippen LogP contribution < -0.4 is 5.32 Å². The van der Waals surface area contributed by atoms with Gasteiger partial charge in [0.1, 0.15) is 0 Å². The highest BCUT2D eigenvalue weighted by Crippen LogP contribution is 2.15. The van der Waals surface area contributed by atoms with Gasteiger partial charge in [-0.1, -0.05) is 6.92 Å². The van der Waals surface area contributed by atoms with Gasteiger partial charge >= 0.3 is 0 Å². The zero-order valence-electron chi connectivity index (χ0n) is 13.3. The minimum absolute atomic E-state index is 0.0164. The zero-order chi connectivity index (χ0) is 15.1. The van der Waals surface area contributed by atoms with E-state index in [1.165, 1.54) is 25.9 Å². The first-order chi connectivity index (χ1) is 10.1. The van der Waals surface area contributed by atoms with Crippen molar-refractivity contribution < 1.29 is 9.59 Å². The second-order valence-electron chi connectivity index (χ2n) is 6.52. The van der Waals surface area contributed by atoms with E-state index in [1.807, 2.05) is 0 Å². The van der Waals surface area contributed by atoms with E-state index in [-0.39, 0.29) is 18.4 Å². The summed E-state index contributed by atoms with van der Waals surface area (Å²) < 4.78 is 0. The fourth-order valence-electron chi connectivity index (χ4n) is 3.28. The molecule has 1 atom stereocenters. The summed E-state index contributed by atoms with van der Waals surface area (Å²) in [5, 5.41) is 2.94. The Balaban J connectivity index is 1.55. The van der Waals surface area contributed by atoms with Crippen LogP contribution in [0.4, 0.5) is 0 Å². The summed E-state index contributed by atoms with van der Waals surface area (Å²) in [6.45, 7) is 7.44. The van der Waals surface area contributed by atoms with Gasteiger partial charge in [0.2, 0.25) is 11.8 Å². The van der Waals surface area contributed by atoms with Crippen molar-refractivity contribution in [1.29, 1.82) is 0 Å². The van der Waals surface area contributed by atoms with Crippen LogP contribution >= 0.6 is 0 Å². The third-order valence-electron chi connectivity index (χ3n) is 4.47. The molecule has 0 saturated carbocycles. The number of carbonyl (C=O) groups excluding carboxylic acids is 2. The number of hydrogen-bond acceptors (Lipinski definition) is 3. The van der Waals surface area contributed by atoms with Crippen LogP contribution in [0.15, 0.2) is 0 Å². The number of hydrogen-bond donors (Lipinski definition) is 1. The maximum atomic E-state index is 11.8. The molecule has 2 fully saturated rings. The van der Waals surface area contributed by atoms with Gasteiger partial charge in [0.15, 0.2) is 0 Å². The lowest BCUT2D eigenvalue weighted by atomic mass is 10.0. The average Bonchev–Trinajstić information content (AvgIpc) is 2.46. The Labute approximate surface area is 128 Å². The van der Waals surface area contributed by atoms with Crippen molar-refractivity contribution in [2.24, 2.45) is 5.92 Å². The molecule has 0 aliphatic carbocycles. The second-order valence-corrected chi connectivity index (χ2v) is 6.52. The van der Waals surface area contributed by atoms with Crippen molar-refractivity contribution in [3.8, 4) is 0 Å². The molecule has 5 heteroatoms. The molecule has 2 saturated heterocycles. The highest BCUT2D eigenvalue weighted by molar-refractivity contribution is 5.85. The van der Waals surface area contributed by atoms with E-state index in [4.69, 9.17) is 0 Å². The molecule has 1 N–H and O–H groups in total. The first-order valence-corrected chi connectivity index (χ1v) is 8.42. The summed E-state index contributed by atoms with van der Waals surface area (Å²) in [5.41, 5.74) is 0. The van der Waals surface area contributed by atoms with Gasteiger partial charge in [-0.15, -0.1) is 0 Å². The lowest BCUT2D eigenvalue weighted by molar-refractivity contribution is -0.137. The number of carbonyl (C=O) groups is 2. The molecule has 0 radical (unpaired) electrons. The smallest absolute Gasteiger partial charge is 0.239 e. The summed E-state index contributed by atoms with van der Waals surface area (Å²) in [6, 6.07) is 0. The molecule has 2 heterocycles. The first-order valence-electron chi connectivity index (χ1n) is 8.42. The monoisotopic (exact) mass is 295 g/mol. The van der Waals surface area contributed by atoms with Crippen LogP contribution in [0.3, 0.4) is 0 Å². The Morgan fingerprint density at radius 3 is 2.90 bits per heavy atom. The maximum absolute atomic E-state index is 11.8. The van der Waals surface area contributed by atoms with Crippen LogP contribution in [0, 0.1) is 5.92 Å². The molecule has 2 aliphatic heterocycles. The molecule has 120 valence electrons. The lowest BCUT2D eigenvalue weighted by Gasteiger charge is -2.30. The topological polar surface area (TPSA) is 52.7 Å². The molecule has 5 nitrogen and oxygen atoms in total. The number of rotatable bonds is 6. The Hall–Kier alpha value is -1.10. The number of piperidine rings is 2. The van der Waals surface area contributed by atoms with Gasteiger partial charge in [0, 0.05) is 26.1 Å². The molecule has 2 rings (SSSR count). The molecule has 2 amide bonds. The van der Waals surface area contributed by atoms with Crippen molar-refractivity contribution in [3.63, 3.8) is 0 Å². The van der Waals surface area contributed by atoms with Crippen LogP contribution in [-0.4, -0.2) is 60.9 Å². The van der Waals surface area contributed by atoms with Gasteiger partial charge in [-0.25, -0.2) is 0 Å². The molecular weight excluding hydrogens is 266 g/mol. The van der Waals surface area contributed by atoms with E-state index >= 15 is 0 Å². The highest BCUT2D eigenvalue weighted by Gasteiger charge is 2.20. The maximum Gasteiger partial charge on any atom is 0.239 e. The normalized spacial score (nSPS) is 24.1. The first kappa shape index (κ1) is 16.3. The minimum atomic E-state index is -0.0164. The summed E-state index contributed by atoms with van der Waals surface area (Å²) in [6.07, 6.45) is 6.21. The predicted octanol–water partition coefficient (Wildman–Crippen LogP) is 1.24. The Morgan fingerprint density at radius 1 is 1.29 bits per heavy atom. The van der Waals surface area contributed by atoms with Crippen molar-refractivity contribution in [2.45, 2.75) is 45.4 Å². The highest BCUT2D eigenvalue weighted by atomic mass is 16.2. The van der Waals surface area contributed by atoms with Crippen molar-refractivity contribution >= 4 is 11.8 Å². The molecule has 2 aliphatic rings. The van der Waals surface area contributed by atoms with Crippen LogP contribution in [0.1, 0.15) is 45.4 Å². The van der Waals surface area contributed by atoms with Gasteiger partial charge in [-0.3, -0.25) is 9.59 Å². The molecule has 0 aromatic carbocycles. The van der Waals surface area contributed by atoms with Crippen LogP contribution in [-0.2, 0) is 9.59 Å². The quantitative estimate of drug-likeness (QED) is 0.750. The summed E-state index contributed by atoms with van der Waals surface area (Å²) in [5.74, 6) is 0.912. The van der Waals surface area contributed by atoms with Crippen molar-refractivity contribution in [2.75, 3.05) is 39.3 Å². The Bertz CT molecular complexity index is 359. The molecule has 21 heavy (non-hydrogen) atoms. The van der Waals surface area contributed by atoms with Crippen molar-refractivity contribution in [3.05, 3.63) is 0 Å². The summed E-state index contributed by atoms with van der Waals surface area (Å²) >= 11 is 0. The standard InChI is InChI=1S/C16H29N3O2/c1-14-6-4-9-18(12-14)10-5-8-17-15(20)13-19-11-3-2-7-16(19)21/h14H,2-13H2,1H3,(H,17,20). The van der Waals surface area contributed by atoms with Gasteiger partial charge in [-0.05, 0) is 51.1 Å². The van der Waals surface area contributed by atoms with E-state index < -0.39 is 0 Å². The van der Waals surface area contributed by atoms with E-state index in [0.29, 0.717) is 13.0 Å². The second kappa shape index (κ2) is 8.37. The van der Waals surface area contributed by atoms with E-state index in [2.05, 4.69) is 17.1 Å². The predicted molar refractivity (Wildman–Crippen MR) is 82.9 cm³/mol. The zero-order valence-corrected chi connectivity index (χ0v) is 13.3.